The van der Waals surface area contributed by atoms with Crippen molar-refractivity contribution in [3.05, 3.63) is 35.6 Å². The number of benzene rings is 1. The standard InChI is InChI=1S/C18H28FN3O/c1-6-20-16(22-12-17(2,3)18(22,4)5)21-11-15(23)13-9-7-8-10-14(13)19/h7-10,15,23H,6,11-12H2,1-5H3,(H,20,21). The number of hydrogen-bond donors (Lipinski definition) is 2. The number of rotatable bonds is 4. The van der Waals surface area contributed by atoms with Crippen LogP contribution < -0.4 is 5.32 Å². The molecule has 1 aromatic rings. The minimum absolute atomic E-state index is 0.0169. The van der Waals surface area contributed by atoms with Gasteiger partial charge in [-0.2, -0.15) is 0 Å². The summed E-state index contributed by atoms with van der Waals surface area (Å²) in [4.78, 5) is 6.74. The Kier molecular flexibility index (Phi) is 4.99. The quantitative estimate of drug-likeness (QED) is 0.662. The van der Waals surface area contributed by atoms with E-state index in [1.807, 2.05) is 6.92 Å². The Morgan fingerprint density at radius 3 is 2.52 bits per heavy atom. The van der Waals surface area contributed by atoms with Crippen molar-refractivity contribution in [1.29, 1.82) is 0 Å². The Hall–Kier alpha value is -1.62. The molecule has 1 atom stereocenters. The molecule has 0 amide bonds. The van der Waals surface area contributed by atoms with Crippen LogP contribution in [0.4, 0.5) is 4.39 Å². The predicted octanol–water partition coefficient (Wildman–Crippen LogP) is 2.95. The van der Waals surface area contributed by atoms with Crippen molar-refractivity contribution in [2.45, 2.75) is 46.3 Å². The van der Waals surface area contributed by atoms with E-state index in [1.165, 1.54) is 6.07 Å². The summed E-state index contributed by atoms with van der Waals surface area (Å²) < 4.78 is 13.7. The molecule has 5 heteroatoms. The highest BCUT2D eigenvalue weighted by Crippen LogP contribution is 2.46. The van der Waals surface area contributed by atoms with Crippen LogP contribution in [0.15, 0.2) is 29.3 Å². The number of hydrogen-bond acceptors (Lipinski definition) is 2. The van der Waals surface area contributed by atoms with Crippen molar-refractivity contribution in [3.8, 4) is 0 Å². The fourth-order valence-corrected chi connectivity index (χ4v) is 2.81. The van der Waals surface area contributed by atoms with Crippen LogP contribution in [-0.2, 0) is 0 Å². The largest absolute Gasteiger partial charge is 0.386 e. The average Bonchev–Trinajstić information content (AvgIpc) is 2.49. The topological polar surface area (TPSA) is 47.9 Å². The summed E-state index contributed by atoms with van der Waals surface area (Å²) in [6.07, 6.45) is -0.942. The van der Waals surface area contributed by atoms with Crippen LogP contribution in [-0.4, -0.2) is 41.1 Å². The van der Waals surface area contributed by atoms with Gasteiger partial charge < -0.3 is 15.3 Å². The number of halogens is 1. The fraction of sp³-hybridized carbons (Fsp3) is 0.611. The second-order valence-corrected chi connectivity index (χ2v) is 7.26. The number of nitrogens with zero attached hydrogens (tertiary/aromatic N) is 2. The van der Waals surface area contributed by atoms with E-state index in [-0.39, 0.29) is 23.1 Å². The van der Waals surface area contributed by atoms with E-state index in [0.717, 1.165) is 19.0 Å². The molecule has 0 aliphatic carbocycles. The van der Waals surface area contributed by atoms with Gasteiger partial charge in [0.2, 0.25) is 0 Å². The second-order valence-electron chi connectivity index (χ2n) is 7.26. The molecule has 1 aliphatic heterocycles. The maximum absolute atomic E-state index is 13.7. The van der Waals surface area contributed by atoms with E-state index < -0.39 is 11.9 Å². The van der Waals surface area contributed by atoms with Gasteiger partial charge >= 0.3 is 0 Å². The van der Waals surface area contributed by atoms with Gasteiger partial charge in [-0.15, -0.1) is 0 Å². The smallest absolute Gasteiger partial charge is 0.194 e. The van der Waals surface area contributed by atoms with Crippen molar-refractivity contribution in [1.82, 2.24) is 10.2 Å². The highest BCUT2D eigenvalue weighted by atomic mass is 19.1. The van der Waals surface area contributed by atoms with Crippen LogP contribution in [0, 0.1) is 11.2 Å². The molecule has 1 aromatic carbocycles. The van der Waals surface area contributed by atoms with E-state index in [9.17, 15) is 9.50 Å². The molecule has 1 aliphatic rings. The first-order chi connectivity index (χ1) is 10.7. The number of aliphatic hydroxyl groups is 1. The molecule has 0 radical (unpaired) electrons. The molecule has 0 bridgehead atoms. The SMILES string of the molecule is CCNC(=NCC(O)c1ccccc1F)N1CC(C)(C)C1(C)C. The molecule has 0 saturated carbocycles. The second kappa shape index (κ2) is 6.48. The van der Waals surface area contributed by atoms with Crippen LogP contribution in [0.1, 0.15) is 46.3 Å². The van der Waals surface area contributed by atoms with Crippen LogP contribution in [0.25, 0.3) is 0 Å². The maximum atomic E-state index is 13.7. The summed E-state index contributed by atoms with van der Waals surface area (Å²) in [5.41, 5.74) is 0.472. The summed E-state index contributed by atoms with van der Waals surface area (Å²) in [5, 5.41) is 13.5. The number of nitrogens with one attached hydrogen (secondary N) is 1. The summed E-state index contributed by atoms with van der Waals surface area (Å²) in [5.74, 6) is 0.373. The van der Waals surface area contributed by atoms with Gasteiger partial charge in [0.25, 0.3) is 0 Å². The Labute approximate surface area is 138 Å². The third kappa shape index (κ3) is 3.34. The van der Waals surface area contributed by atoms with Gasteiger partial charge in [-0.3, -0.25) is 4.99 Å². The minimum atomic E-state index is -0.942. The van der Waals surface area contributed by atoms with Crippen molar-refractivity contribution in [3.63, 3.8) is 0 Å². The van der Waals surface area contributed by atoms with Gasteiger partial charge in [0.15, 0.2) is 5.96 Å². The van der Waals surface area contributed by atoms with Crippen molar-refractivity contribution < 1.29 is 9.50 Å². The Balaban J connectivity index is 2.13. The Morgan fingerprint density at radius 1 is 1.35 bits per heavy atom. The first-order valence-corrected chi connectivity index (χ1v) is 8.19. The molecule has 2 N–H and O–H groups in total. The van der Waals surface area contributed by atoms with Gasteiger partial charge in [-0.05, 0) is 26.8 Å². The monoisotopic (exact) mass is 321 g/mol. The summed E-state index contributed by atoms with van der Waals surface area (Å²) in [6, 6.07) is 6.29. The first kappa shape index (κ1) is 17.7. The van der Waals surface area contributed by atoms with Crippen molar-refractivity contribution >= 4 is 5.96 Å². The molecule has 1 heterocycles. The lowest BCUT2D eigenvalue weighted by Gasteiger charge is -2.62. The summed E-state index contributed by atoms with van der Waals surface area (Å²) in [6.45, 7) is 12.7. The van der Waals surface area contributed by atoms with Crippen LogP contribution >= 0.6 is 0 Å². The average molecular weight is 321 g/mol. The number of aliphatic imine (C=N–C) groups is 1. The number of likely N-dealkylation sites (tertiary alicyclic amines) is 1. The van der Waals surface area contributed by atoms with Gasteiger partial charge in [0.1, 0.15) is 11.9 Å². The van der Waals surface area contributed by atoms with Crippen LogP contribution in [0.2, 0.25) is 0 Å². The van der Waals surface area contributed by atoms with E-state index in [4.69, 9.17) is 0 Å². The van der Waals surface area contributed by atoms with Gasteiger partial charge in [-0.25, -0.2) is 4.39 Å². The number of aliphatic hydroxyl groups excluding tert-OH is 1. The lowest BCUT2D eigenvalue weighted by atomic mass is 9.65. The van der Waals surface area contributed by atoms with Gasteiger partial charge in [0.05, 0.1) is 6.54 Å². The summed E-state index contributed by atoms with van der Waals surface area (Å²) in [7, 11) is 0. The zero-order chi connectivity index (χ0) is 17.3. The maximum Gasteiger partial charge on any atom is 0.194 e. The number of guanidine groups is 1. The molecule has 1 fully saturated rings. The third-order valence-corrected chi connectivity index (χ3v) is 5.15. The fourth-order valence-electron chi connectivity index (χ4n) is 2.81. The van der Waals surface area contributed by atoms with E-state index in [2.05, 4.69) is 42.9 Å². The summed E-state index contributed by atoms with van der Waals surface area (Å²) >= 11 is 0. The molecule has 2 rings (SSSR count). The van der Waals surface area contributed by atoms with E-state index in [0.29, 0.717) is 0 Å². The molecule has 0 spiro atoms. The zero-order valence-electron chi connectivity index (χ0n) is 14.7. The molecular weight excluding hydrogens is 293 g/mol. The molecule has 128 valence electrons. The van der Waals surface area contributed by atoms with E-state index >= 15 is 0 Å². The van der Waals surface area contributed by atoms with Crippen molar-refractivity contribution in [2.24, 2.45) is 10.4 Å². The lowest BCUT2D eigenvalue weighted by Crippen LogP contribution is -2.72. The normalized spacial score (nSPS) is 20.8. The molecule has 23 heavy (non-hydrogen) atoms. The predicted molar refractivity (Wildman–Crippen MR) is 91.9 cm³/mol. The third-order valence-electron chi connectivity index (χ3n) is 5.15. The lowest BCUT2D eigenvalue weighted by molar-refractivity contribution is -0.0668. The minimum Gasteiger partial charge on any atom is -0.386 e. The van der Waals surface area contributed by atoms with Gasteiger partial charge in [0, 0.05) is 29.6 Å². The zero-order valence-corrected chi connectivity index (χ0v) is 14.7. The highest BCUT2D eigenvalue weighted by molar-refractivity contribution is 5.82. The highest BCUT2D eigenvalue weighted by Gasteiger charge is 2.53. The van der Waals surface area contributed by atoms with Crippen LogP contribution in [0.5, 0.6) is 0 Å². The van der Waals surface area contributed by atoms with Crippen molar-refractivity contribution in [2.75, 3.05) is 19.6 Å². The van der Waals surface area contributed by atoms with E-state index in [1.54, 1.807) is 18.2 Å². The van der Waals surface area contributed by atoms with Gasteiger partial charge in [-0.1, -0.05) is 32.0 Å². The molecular formula is C18H28FN3O. The Morgan fingerprint density at radius 2 is 2.00 bits per heavy atom. The molecule has 0 aromatic heterocycles. The van der Waals surface area contributed by atoms with Crippen LogP contribution in [0.3, 0.4) is 0 Å². The molecule has 4 nitrogen and oxygen atoms in total. The Bertz CT molecular complexity index is 583. The molecule has 1 unspecified atom stereocenters. The molecule has 1 saturated heterocycles. The first-order valence-electron chi connectivity index (χ1n) is 8.19.